The number of nitrogens with zero attached hydrogens (tertiary/aromatic N) is 2. The summed E-state index contributed by atoms with van der Waals surface area (Å²) >= 11 is 1.41. The molecule has 0 spiro atoms. The molecule has 20 heavy (non-hydrogen) atoms. The van der Waals surface area contributed by atoms with Gasteiger partial charge in [0.25, 0.3) is 5.69 Å². The Balaban J connectivity index is 1.88. The molecule has 6 nitrogen and oxygen atoms in total. The van der Waals surface area contributed by atoms with Crippen molar-refractivity contribution in [2.45, 2.75) is 17.9 Å². The molecule has 2 rings (SSSR count). The first-order chi connectivity index (χ1) is 9.58. The minimum absolute atomic E-state index is 0.0661. The molecule has 1 aliphatic heterocycles. The molecule has 1 aromatic rings. The van der Waals surface area contributed by atoms with Gasteiger partial charge in [-0.25, -0.2) is 0 Å². The number of nitro groups is 1. The van der Waals surface area contributed by atoms with Crippen molar-refractivity contribution in [1.29, 1.82) is 0 Å². The number of thioether (sulfide) groups is 1. The first-order valence-electron chi connectivity index (χ1n) is 6.45. The predicted octanol–water partition coefficient (Wildman–Crippen LogP) is 1.51. The maximum atomic E-state index is 12.1. The van der Waals surface area contributed by atoms with Gasteiger partial charge in [0, 0.05) is 42.7 Å². The highest BCUT2D eigenvalue weighted by molar-refractivity contribution is 8.00. The molecule has 1 aromatic carbocycles. The van der Waals surface area contributed by atoms with Crippen molar-refractivity contribution < 1.29 is 9.72 Å². The number of hydrogen-bond acceptors (Lipinski definition) is 5. The Morgan fingerprint density at radius 3 is 2.80 bits per heavy atom. The summed E-state index contributed by atoms with van der Waals surface area (Å²) in [6.07, 6.45) is 0. The van der Waals surface area contributed by atoms with E-state index >= 15 is 0 Å². The van der Waals surface area contributed by atoms with Gasteiger partial charge in [-0.3, -0.25) is 14.9 Å². The lowest BCUT2D eigenvalue weighted by atomic mass is 10.2. The van der Waals surface area contributed by atoms with Gasteiger partial charge in [-0.1, -0.05) is 0 Å². The summed E-state index contributed by atoms with van der Waals surface area (Å²) in [5, 5.41) is 13.8. The van der Waals surface area contributed by atoms with Crippen molar-refractivity contribution in [3.63, 3.8) is 0 Å². The normalized spacial score (nSPS) is 18.9. The number of rotatable bonds is 4. The van der Waals surface area contributed by atoms with E-state index in [9.17, 15) is 14.9 Å². The second-order valence-electron chi connectivity index (χ2n) is 4.68. The summed E-state index contributed by atoms with van der Waals surface area (Å²) in [6.45, 7) is 4.42. The van der Waals surface area contributed by atoms with Crippen LogP contribution in [-0.4, -0.2) is 47.2 Å². The number of amides is 1. The van der Waals surface area contributed by atoms with Gasteiger partial charge in [0.1, 0.15) is 0 Å². The summed E-state index contributed by atoms with van der Waals surface area (Å²) in [5.74, 6) is 0.477. The van der Waals surface area contributed by atoms with E-state index in [1.807, 2.05) is 11.8 Å². The third kappa shape index (κ3) is 3.71. The highest BCUT2D eigenvalue weighted by atomic mass is 32.2. The number of benzene rings is 1. The molecule has 0 unspecified atom stereocenters. The lowest BCUT2D eigenvalue weighted by molar-refractivity contribution is -0.384. The van der Waals surface area contributed by atoms with Crippen LogP contribution in [0.25, 0.3) is 0 Å². The van der Waals surface area contributed by atoms with Crippen LogP contribution < -0.4 is 5.32 Å². The highest BCUT2D eigenvalue weighted by Gasteiger charge is 2.22. The largest absolute Gasteiger partial charge is 0.337 e. The van der Waals surface area contributed by atoms with Crippen LogP contribution in [0.5, 0.6) is 0 Å². The average molecular weight is 295 g/mol. The Bertz CT molecular complexity index is 492. The number of carbonyl (C=O) groups is 1. The number of piperazine rings is 1. The van der Waals surface area contributed by atoms with Crippen LogP contribution in [0.2, 0.25) is 0 Å². The van der Waals surface area contributed by atoms with Crippen LogP contribution in [0.1, 0.15) is 6.92 Å². The lowest BCUT2D eigenvalue weighted by Gasteiger charge is -2.33. The van der Waals surface area contributed by atoms with Crippen molar-refractivity contribution in [3.8, 4) is 0 Å². The molecule has 0 saturated carbocycles. The van der Waals surface area contributed by atoms with Crippen LogP contribution in [0, 0.1) is 10.1 Å². The summed E-state index contributed by atoms with van der Waals surface area (Å²) in [7, 11) is 0. The van der Waals surface area contributed by atoms with E-state index in [1.165, 1.54) is 23.9 Å². The Labute approximate surface area is 121 Å². The maximum absolute atomic E-state index is 12.1. The van der Waals surface area contributed by atoms with Gasteiger partial charge in [-0.05, 0) is 19.1 Å². The van der Waals surface area contributed by atoms with Gasteiger partial charge in [-0.2, -0.15) is 0 Å². The molecule has 1 N–H and O–H groups in total. The van der Waals surface area contributed by atoms with Crippen molar-refractivity contribution in [1.82, 2.24) is 10.2 Å². The molecule has 108 valence electrons. The molecule has 1 heterocycles. The number of nitro benzene ring substituents is 1. The number of hydrogen-bond donors (Lipinski definition) is 1. The van der Waals surface area contributed by atoms with Crippen LogP contribution in [0.3, 0.4) is 0 Å². The molecule has 1 amide bonds. The number of non-ortho nitro benzene ring substituents is 1. The fraction of sp³-hybridized carbons (Fsp3) is 0.462. The fourth-order valence-corrected chi connectivity index (χ4v) is 2.89. The molecule has 7 heteroatoms. The SMILES string of the molecule is C[C@@H]1CNCCN1C(=O)CSc1ccc([N+](=O)[O-])cc1. The maximum Gasteiger partial charge on any atom is 0.269 e. The van der Waals surface area contributed by atoms with Crippen molar-refractivity contribution in [2.24, 2.45) is 0 Å². The number of nitrogens with one attached hydrogen (secondary N) is 1. The monoisotopic (exact) mass is 295 g/mol. The molecular weight excluding hydrogens is 278 g/mol. The second kappa shape index (κ2) is 6.71. The van der Waals surface area contributed by atoms with Crippen LogP contribution in [0.15, 0.2) is 29.2 Å². The molecule has 0 bridgehead atoms. The van der Waals surface area contributed by atoms with Crippen molar-refractivity contribution in [3.05, 3.63) is 34.4 Å². The number of carbonyl (C=O) groups excluding carboxylic acids is 1. The highest BCUT2D eigenvalue weighted by Crippen LogP contribution is 2.22. The Hall–Kier alpha value is -1.60. The molecule has 1 atom stereocenters. The molecule has 1 fully saturated rings. The summed E-state index contributed by atoms with van der Waals surface area (Å²) < 4.78 is 0. The third-order valence-electron chi connectivity index (χ3n) is 3.23. The summed E-state index contributed by atoms with van der Waals surface area (Å²) in [5.41, 5.74) is 0.0661. The fourth-order valence-electron chi connectivity index (χ4n) is 2.10. The smallest absolute Gasteiger partial charge is 0.269 e. The first-order valence-corrected chi connectivity index (χ1v) is 7.44. The Morgan fingerprint density at radius 1 is 1.50 bits per heavy atom. The minimum Gasteiger partial charge on any atom is -0.337 e. The molecule has 0 aromatic heterocycles. The standard InChI is InChI=1S/C13H17N3O3S/c1-10-8-14-6-7-15(10)13(17)9-20-12-4-2-11(3-5-12)16(18)19/h2-5,10,14H,6-9H2,1H3/t10-/m1/s1. The van der Waals surface area contributed by atoms with E-state index in [0.29, 0.717) is 5.75 Å². The molecule has 0 radical (unpaired) electrons. The van der Waals surface area contributed by atoms with E-state index in [2.05, 4.69) is 5.32 Å². The van der Waals surface area contributed by atoms with Crippen LogP contribution >= 0.6 is 11.8 Å². The van der Waals surface area contributed by atoms with Gasteiger partial charge in [-0.15, -0.1) is 11.8 Å². The second-order valence-corrected chi connectivity index (χ2v) is 5.73. The predicted molar refractivity (Wildman–Crippen MR) is 77.9 cm³/mol. The van der Waals surface area contributed by atoms with E-state index < -0.39 is 4.92 Å². The van der Waals surface area contributed by atoms with Gasteiger partial charge < -0.3 is 10.2 Å². The van der Waals surface area contributed by atoms with Gasteiger partial charge in [0.2, 0.25) is 5.91 Å². The Kier molecular flexibility index (Phi) is 4.97. The van der Waals surface area contributed by atoms with Crippen molar-refractivity contribution >= 4 is 23.4 Å². The average Bonchev–Trinajstić information content (AvgIpc) is 2.45. The zero-order valence-corrected chi connectivity index (χ0v) is 12.1. The quantitative estimate of drug-likeness (QED) is 0.517. The molecule has 1 saturated heterocycles. The molecular formula is C13H17N3O3S. The van der Waals surface area contributed by atoms with Crippen LogP contribution in [-0.2, 0) is 4.79 Å². The van der Waals surface area contributed by atoms with Crippen LogP contribution in [0.4, 0.5) is 5.69 Å². The summed E-state index contributed by atoms with van der Waals surface area (Å²) in [4.78, 5) is 25.0. The summed E-state index contributed by atoms with van der Waals surface area (Å²) in [6, 6.07) is 6.49. The van der Waals surface area contributed by atoms with Gasteiger partial charge in [0.15, 0.2) is 0 Å². The van der Waals surface area contributed by atoms with Gasteiger partial charge >= 0.3 is 0 Å². The molecule has 0 aliphatic carbocycles. The lowest BCUT2D eigenvalue weighted by Crippen LogP contribution is -2.52. The van der Waals surface area contributed by atoms with E-state index in [-0.39, 0.29) is 17.6 Å². The first kappa shape index (κ1) is 14.8. The topological polar surface area (TPSA) is 75.5 Å². The van der Waals surface area contributed by atoms with Gasteiger partial charge in [0.05, 0.1) is 10.7 Å². The zero-order valence-electron chi connectivity index (χ0n) is 11.2. The van der Waals surface area contributed by atoms with E-state index in [1.54, 1.807) is 12.1 Å². The van der Waals surface area contributed by atoms with E-state index in [0.717, 1.165) is 24.5 Å². The van der Waals surface area contributed by atoms with E-state index in [4.69, 9.17) is 0 Å². The Morgan fingerprint density at radius 2 is 2.20 bits per heavy atom. The van der Waals surface area contributed by atoms with Crippen molar-refractivity contribution in [2.75, 3.05) is 25.4 Å². The zero-order chi connectivity index (χ0) is 14.5. The third-order valence-corrected chi connectivity index (χ3v) is 4.23. The minimum atomic E-state index is -0.429. The molecule has 1 aliphatic rings.